The van der Waals surface area contributed by atoms with Crippen molar-refractivity contribution in [2.24, 2.45) is 5.73 Å². The predicted molar refractivity (Wildman–Crippen MR) is 85.3 cm³/mol. The fourth-order valence-corrected chi connectivity index (χ4v) is 2.17. The lowest BCUT2D eigenvalue weighted by atomic mass is 10.1. The van der Waals surface area contributed by atoms with Crippen molar-refractivity contribution in [3.63, 3.8) is 0 Å². The summed E-state index contributed by atoms with van der Waals surface area (Å²) in [5, 5.41) is 5.11. The van der Waals surface area contributed by atoms with Gasteiger partial charge in [-0.15, -0.1) is 0 Å². The van der Waals surface area contributed by atoms with E-state index in [0.717, 1.165) is 17.6 Å². The van der Waals surface area contributed by atoms with Crippen molar-refractivity contribution in [3.05, 3.63) is 42.5 Å². The first-order chi connectivity index (χ1) is 10.2. The van der Waals surface area contributed by atoms with Crippen LogP contribution < -0.4 is 15.8 Å². The molecule has 0 fully saturated rings. The maximum Gasteiger partial charge on any atom is 0.237 e. The molecule has 0 heterocycles. The van der Waals surface area contributed by atoms with Gasteiger partial charge >= 0.3 is 0 Å². The third-order valence-electron chi connectivity index (χ3n) is 3.33. The van der Waals surface area contributed by atoms with Crippen LogP contribution >= 0.6 is 0 Å². The van der Waals surface area contributed by atoms with Crippen molar-refractivity contribution in [3.8, 4) is 5.75 Å². The normalized spacial score (nSPS) is 12.1. The van der Waals surface area contributed by atoms with Gasteiger partial charge in [0.15, 0.2) is 0 Å². The Bertz CT molecular complexity index is 598. The summed E-state index contributed by atoms with van der Waals surface area (Å²) in [7, 11) is 0. The number of carbonyl (C=O) groups excluding carboxylic acids is 1. The molecule has 0 aromatic heterocycles. The number of carbonyl (C=O) groups is 1. The minimum absolute atomic E-state index is 0.112. The lowest BCUT2D eigenvalue weighted by molar-refractivity contribution is -0.122. The van der Waals surface area contributed by atoms with E-state index in [9.17, 15) is 4.79 Å². The topological polar surface area (TPSA) is 64.4 Å². The number of nitrogens with one attached hydrogen (secondary N) is 1. The first kappa shape index (κ1) is 15.3. The molecule has 0 aliphatic rings. The van der Waals surface area contributed by atoms with E-state index in [2.05, 4.69) is 11.4 Å². The molecule has 0 bridgehead atoms. The van der Waals surface area contributed by atoms with Crippen LogP contribution in [0.1, 0.15) is 19.8 Å². The van der Waals surface area contributed by atoms with E-state index < -0.39 is 6.04 Å². The fraction of sp³-hybridized carbons (Fsp3) is 0.353. The van der Waals surface area contributed by atoms with Crippen LogP contribution in [0.25, 0.3) is 10.8 Å². The van der Waals surface area contributed by atoms with Crippen molar-refractivity contribution >= 4 is 16.7 Å². The van der Waals surface area contributed by atoms with Crippen molar-refractivity contribution in [2.75, 3.05) is 13.2 Å². The van der Waals surface area contributed by atoms with Gasteiger partial charge in [0.2, 0.25) is 5.91 Å². The molecule has 0 spiro atoms. The van der Waals surface area contributed by atoms with Gasteiger partial charge in [-0.2, -0.15) is 0 Å². The number of amides is 1. The molecule has 21 heavy (non-hydrogen) atoms. The van der Waals surface area contributed by atoms with Gasteiger partial charge < -0.3 is 15.8 Å². The quantitative estimate of drug-likeness (QED) is 0.768. The summed E-state index contributed by atoms with van der Waals surface area (Å²) in [5.41, 5.74) is 5.73. The Hall–Kier alpha value is -2.07. The molecular weight excluding hydrogens is 264 g/mol. The summed E-state index contributed by atoms with van der Waals surface area (Å²) >= 11 is 0. The summed E-state index contributed by atoms with van der Waals surface area (Å²) < 4.78 is 5.65. The molecule has 2 aromatic carbocycles. The summed E-state index contributed by atoms with van der Waals surface area (Å²) in [5.74, 6) is 0.694. The number of rotatable bonds is 7. The molecule has 0 saturated heterocycles. The Morgan fingerprint density at radius 2 is 2.00 bits per heavy atom. The number of ether oxygens (including phenoxy) is 1. The Morgan fingerprint density at radius 3 is 2.76 bits per heavy atom. The third kappa shape index (κ3) is 4.46. The molecule has 112 valence electrons. The van der Waals surface area contributed by atoms with Crippen molar-refractivity contribution in [2.45, 2.75) is 25.8 Å². The average molecular weight is 286 g/mol. The van der Waals surface area contributed by atoms with Crippen LogP contribution in [-0.2, 0) is 4.79 Å². The standard InChI is InChI=1S/C17H22N2O2/c1-2-5-16(18)17(20)19-10-11-21-15-9-8-13-6-3-4-7-14(13)12-15/h3-4,6-9,12,16H,2,5,10-11,18H2,1H3,(H,19,20). The van der Waals surface area contributed by atoms with Crippen molar-refractivity contribution in [1.29, 1.82) is 0 Å². The second-order valence-electron chi connectivity index (χ2n) is 5.04. The Labute approximate surface area is 125 Å². The smallest absolute Gasteiger partial charge is 0.237 e. The van der Waals surface area contributed by atoms with Crippen LogP contribution in [0.15, 0.2) is 42.5 Å². The van der Waals surface area contributed by atoms with E-state index >= 15 is 0 Å². The molecule has 0 aliphatic heterocycles. The van der Waals surface area contributed by atoms with Gasteiger partial charge in [-0.25, -0.2) is 0 Å². The number of hydrogen-bond donors (Lipinski definition) is 2. The first-order valence-corrected chi connectivity index (χ1v) is 7.35. The molecule has 1 unspecified atom stereocenters. The number of benzene rings is 2. The van der Waals surface area contributed by atoms with Crippen molar-refractivity contribution in [1.82, 2.24) is 5.32 Å². The summed E-state index contributed by atoms with van der Waals surface area (Å²) in [4.78, 5) is 11.6. The zero-order valence-electron chi connectivity index (χ0n) is 12.3. The van der Waals surface area contributed by atoms with Gasteiger partial charge in [-0.05, 0) is 29.3 Å². The van der Waals surface area contributed by atoms with Gasteiger partial charge in [0.05, 0.1) is 12.6 Å². The molecular formula is C17H22N2O2. The maximum absolute atomic E-state index is 11.6. The van der Waals surface area contributed by atoms with Gasteiger partial charge in [-0.1, -0.05) is 43.7 Å². The van der Waals surface area contributed by atoms with Crippen LogP contribution in [-0.4, -0.2) is 25.1 Å². The van der Waals surface area contributed by atoms with E-state index in [1.165, 1.54) is 5.39 Å². The lowest BCUT2D eigenvalue weighted by Crippen LogP contribution is -2.41. The van der Waals surface area contributed by atoms with Crippen LogP contribution in [0.3, 0.4) is 0 Å². The minimum Gasteiger partial charge on any atom is -0.492 e. The second-order valence-corrected chi connectivity index (χ2v) is 5.04. The van der Waals surface area contributed by atoms with Gasteiger partial charge in [-0.3, -0.25) is 4.79 Å². The molecule has 2 aromatic rings. The SMILES string of the molecule is CCCC(N)C(=O)NCCOc1ccc2ccccc2c1. The van der Waals surface area contributed by atoms with Gasteiger partial charge in [0, 0.05) is 0 Å². The number of fused-ring (bicyclic) bond motifs is 1. The van der Waals surface area contributed by atoms with Crippen LogP contribution in [0.2, 0.25) is 0 Å². The molecule has 2 rings (SSSR count). The van der Waals surface area contributed by atoms with Crippen LogP contribution in [0, 0.1) is 0 Å². The van der Waals surface area contributed by atoms with Gasteiger partial charge in [0.1, 0.15) is 12.4 Å². The van der Waals surface area contributed by atoms with E-state index in [-0.39, 0.29) is 5.91 Å². The molecule has 1 atom stereocenters. The summed E-state index contributed by atoms with van der Waals surface area (Å²) in [6.07, 6.45) is 1.61. The zero-order chi connectivity index (χ0) is 15.1. The summed E-state index contributed by atoms with van der Waals surface area (Å²) in [6, 6.07) is 13.7. The molecule has 3 N–H and O–H groups in total. The highest BCUT2D eigenvalue weighted by molar-refractivity contribution is 5.83. The fourth-order valence-electron chi connectivity index (χ4n) is 2.17. The largest absolute Gasteiger partial charge is 0.492 e. The second kappa shape index (κ2) is 7.64. The van der Waals surface area contributed by atoms with Crippen molar-refractivity contribution < 1.29 is 9.53 Å². The highest BCUT2D eigenvalue weighted by atomic mass is 16.5. The monoisotopic (exact) mass is 286 g/mol. The van der Waals surface area contributed by atoms with Crippen LogP contribution in [0.4, 0.5) is 0 Å². The number of hydrogen-bond acceptors (Lipinski definition) is 3. The Balaban J connectivity index is 1.78. The maximum atomic E-state index is 11.6. The predicted octanol–water partition coefficient (Wildman–Crippen LogP) is 2.46. The Morgan fingerprint density at radius 1 is 1.24 bits per heavy atom. The molecule has 4 nitrogen and oxygen atoms in total. The minimum atomic E-state index is -0.421. The van der Waals surface area contributed by atoms with Gasteiger partial charge in [0.25, 0.3) is 0 Å². The molecule has 0 radical (unpaired) electrons. The summed E-state index contributed by atoms with van der Waals surface area (Å²) in [6.45, 7) is 2.90. The van der Waals surface area contributed by atoms with E-state index in [0.29, 0.717) is 19.6 Å². The Kier molecular flexibility index (Phi) is 5.58. The van der Waals surface area contributed by atoms with E-state index in [1.807, 2.05) is 43.3 Å². The number of nitrogens with two attached hydrogens (primary N) is 1. The highest BCUT2D eigenvalue weighted by Crippen LogP contribution is 2.20. The van der Waals surface area contributed by atoms with E-state index in [1.54, 1.807) is 0 Å². The first-order valence-electron chi connectivity index (χ1n) is 7.35. The van der Waals surface area contributed by atoms with E-state index in [4.69, 9.17) is 10.5 Å². The zero-order valence-corrected chi connectivity index (χ0v) is 12.3. The highest BCUT2D eigenvalue weighted by Gasteiger charge is 2.10. The molecule has 4 heteroatoms. The third-order valence-corrected chi connectivity index (χ3v) is 3.33. The molecule has 0 aliphatic carbocycles. The lowest BCUT2D eigenvalue weighted by Gasteiger charge is -2.12. The van der Waals surface area contributed by atoms with Crippen LogP contribution in [0.5, 0.6) is 5.75 Å². The molecule has 0 saturated carbocycles. The average Bonchev–Trinajstić information content (AvgIpc) is 2.51. The molecule has 1 amide bonds.